The number of hydrogen-bond acceptors (Lipinski definition) is 8. The Kier molecular flexibility index (Phi) is 7.92. The molecule has 3 aliphatic rings. The second-order valence-electron chi connectivity index (χ2n) is 11.7. The minimum absolute atomic E-state index is 0.0487. The van der Waals surface area contributed by atoms with Crippen LogP contribution in [0.25, 0.3) is 0 Å². The van der Waals surface area contributed by atoms with E-state index in [-0.39, 0.29) is 40.7 Å². The maximum Gasteiger partial charge on any atom is 0.316 e. The van der Waals surface area contributed by atoms with Crippen molar-refractivity contribution < 1.29 is 24.3 Å². The molecular weight excluding hydrogens is 488 g/mol. The number of aliphatic hydroxyl groups is 1. The van der Waals surface area contributed by atoms with Crippen LogP contribution >= 0.6 is 11.8 Å². The lowest BCUT2D eigenvalue weighted by Gasteiger charge is -2.61. The van der Waals surface area contributed by atoms with E-state index in [0.29, 0.717) is 12.8 Å². The lowest BCUT2D eigenvalue weighted by Crippen LogP contribution is -2.63. The van der Waals surface area contributed by atoms with E-state index in [1.54, 1.807) is 18.6 Å². The number of nitrogens with zero attached hydrogens (tertiary/aromatic N) is 2. The number of esters is 1. The monoisotopic (exact) mass is 528 g/mol. The average Bonchev–Trinajstić information content (AvgIpc) is 3.25. The van der Waals surface area contributed by atoms with E-state index in [1.165, 1.54) is 18.9 Å². The lowest BCUT2D eigenvalue weighted by molar-refractivity contribution is -0.205. The summed E-state index contributed by atoms with van der Waals surface area (Å²) in [6, 6.07) is 1.88. The Hall–Kier alpha value is -2.19. The van der Waals surface area contributed by atoms with Crippen LogP contribution in [0.5, 0.6) is 0 Å². The second-order valence-corrected chi connectivity index (χ2v) is 12.8. The maximum atomic E-state index is 13.5. The molecule has 8 heteroatoms. The first-order valence-electron chi connectivity index (χ1n) is 13.2. The minimum atomic E-state index is -0.672. The summed E-state index contributed by atoms with van der Waals surface area (Å²) < 4.78 is 6.30. The Morgan fingerprint density at radius 2 is 2.08 bits per heavy atom. The van der Waals surface area contributed by atoms with Crippen molar-refractivity contribution in [3.05, 3.63) is 36.7 Å². The van der Waals surface area contributed by atoms with Crippen molar-refractivity contribution in [2.45, 2.75) is 76.9 Å². The van der Waals surface area contributed by atoms with E-state index in [0.717, 1.165) is 29.7 Å². The van der Waals surface area contributed by atoms with Crippen LogP contribution < -0.4 is 0 Å². The van der Waals surface area contributed by atoms with Gasteiger partial charge in [-0.3, -0.25) is 14.6 Å². The molecule has 202 valence electrons. The molecule has 3 saturated carbocycles. The third-order valence-electron chi connectivity index (χ3n) is 9.97. The first-order valence-corrected chi connectivity index (χ1v) is 14.2. The average molecular weight is 529 g/mol. The van der Waals surface area contributed by atoms with Crippen LogP contribution in [0, 0.1) is 34.0 Å². The quantitative estimate of drug-likeness (QED) is 0.174. The molecule has 0 saturated heterocycles. The molecule has 0 aliphatic heterocycles. The number of oxime groups is 1. The van der Waals surface area contributed by atoms with Gasteiger partial charge >= 0.3 is 5.97 Å². The van der Waals surface area contributed by atoms with Crippen LogP contribution in [0.2, 0.25) is 0 Å². The smallest absolute Gasteiger partial charge is 0.316 e. The highest BCUT2D eigenvalue weighted by molar-refractivity contribution is 8.00. The number of carbonyl (C=O) groups is 2. The van der Waals surface area contributed by atoms with Crippen LogP contribution in [0.1, 0.15) is 65.4 Å². The summed E-state index contributed by atoms with van der Waals surface area (Å²) in [7, 11) is 1.47. The van der Waals surface area contributed by atoms with Crippen LogP contribution in [-0.2, 0) is 19.2 Å². The van der Waals surface area contributed by atoms with Gasteiger partial charge < -0.3 is 14.7 Å². The lowest BCUT2D eigenvalue weighted by atomic mass is 9.44. The van der Waals surface area contributed by atoms with E-state index >= 15 is 0 Å². The zero-order chi connectivity index (χ0) is 27.0. The second kappa shape index (κ2) is 10.5. The van der Waals surface area contributed by atoms with Crippen molar-refractivity contribution in [3.63, 3.8) is 0 Å². The van der Waals surface area contributed by atoms with Gasteiger partial charge in [0.2, 0.25) is 0 Å². The highest BCUT2D eigenvalue weighted by Crippen LogP contribution is 2.68. The third-order valence-corrected chi connectivity index (χ3v) is 10.9. The van der Waals surface area contributed by atoms with E-state index in [2.05, 4.69) is 37.5 Å². The molecule has 3 fully saturated rings. The molecule has 4 rings (SSSR count). The Labute approximate surface area is 224 Å². The Bertz CT molecular complexity index is 1080. The molecule has 8 atom stereocenters. The predicted octanol–water partition coefficient (Wildman–Crippen LogP) is 5.06. The molecule has 7 nitrogen and oxygen atoms in total. The number of thioether (sulfide) groups is 1. The summed E-state index contributed by atoms with van der Waals surface area (Å²) in [5.41, 5.74) is -0.663. The van der Waals surface area contributed by atoms with Gasteiger partial charge in [-0.15, -0.1) is 18.3 Å². The maximum absolute atomic E-state index is 13.5. The molecule has 0 spiro atoms. The molecule has 1 unspecified atom stereocenters. The molecule has 1 N–H and O–H groups in total. The fraction of sp³-hybridized carbons (Fsp3) is 0.655. The third kappa shape index (κ3) is 4.76. The number of hydrogen-bond donors (Lipinski definition) is 1. The van der Waals surface area contributed by atoms with Gasteiger partial charge in [0.1, 0.15) is 19.0 Å². The molecule has 0 aromatic carbocycles. The zero-order valence-electron chi connectivity index (χ0n) is 22.6. The van der Waals surface area contributed by atoms with Gasteiger partial charge in [-0.2, -0.15) is 0 Å². The predicted molar refractivity (Wildman–Crippen MR) is 144 cm³/mol. The van der Waals surface area contributed by atoms with Gasteiger partial charge in [0.25, 0.3) is 0 Å². The standard InChI is InChI=1S/C29H40N2O5S/c1-7-27(4)13-23(36-24(33)17-37-21-12-20(14-30-16-21)15-31-35-6)28(5)18(2)8-10-29(19(3)26(27)34)11-9-22(32)25(28)29/h7,12,14-16,18-19,23,25-26,34H,1,8-11,13,17H2,2-6H3/b31-15+/t18-,19+,23-,25?,26+,27-,28+,29+/m1/s1. The van der Waals surface area contributed by atoms with Crippen LogP contribution in [0.3, 0.4) is 0 Å². The molecule has 0 amide bonds. The molecule has 1 aromatic rings. The van der Waals surface area contributed by atoms with E-state index in [1.807, 2.05) is 19.1 Å². The number of rotatable bonds is 7. The first kappa shape index (κ1) is 27.8. The summed E-state index contributed by atoms with van der Waals surface area (Å²) in [6.07, 6.45) is 9.17. The number of aromatic nitrogens is 1. The molecule has 1 heterocycles. The van der Waals surface area contributed by atoms with Gasteiger partial charge in [0, 0.05) is 46.0 Å². The van der Waals surface area contributed by atoms with Crippen molar-refractivity contribution in [1.82, 2.24) is 4.98 Å². The highest BCUT2D eigenvalue weighted by Gasteiger charge is 2.68. The first-order chi connectivity index (χ1) is 17.5. The van der Waals surface area contributed by atoms with E-state index in [4.69, 9.17) is 9.57 Å². The van der Waals surface area contributed by atoms with Crippen LogP contribution in [0.15, 0.2) is 41.2 Å². The SMILES string of the molecule is C=C[C@]1(C)C[C@@H](OC(=O)CSc2cncc(/C=N/OC)c2)[C@@]2(C)C3C(=O)CC[C@@]3(CC[C@H]2C)[C@@H](C)[C@@H]1O. The van der Waals surface area contributed by atoms with Crippen molar-refractivity contribution >= 4 is 29.7 Å². The Morgan fingerprint density at radius 1 is 1.32 bits per heavy atom. The fourth-order valence-electron chi connectivity index (χ4n) is 7.54. The Balaban J connectivity index is 1.62. The van der Waals surface area contributed by atoms with Gasteiger partial charge in [0.05, 0.1) is 18.1 Å². The molecule has 0 radical (unpaired) electrons. The van der Waals surface area contributed by atoms with Gasteiger partial charge in [-0.05, 0) is 49.0 Å². The highest BCUT2D eigenvalue weighted by atomic mass is 32.2. The zero-order valence-corrected chi connectivity index (χ0v) is 23.4. The Morgan fingerprint density at radius 3 is 2.78 bits per heavy atom. The van der Waals surface area contributed by atoms with Crippen molar-refractivity contribution in [1.29, 1.82) is 0 Å². The number of ether oxygens (including phenoxy) is 1. The van der Waals surface area contributed by atoms with Crippen LogP contribution in [0.4, 0.5) is 0 Å². The molecule has 2 bridgehead atoms. The number of ketones is 1. The van der Waals surface area contributed by atoms with E-state index < -0.39 is 23.0 Å². The number of pyridine rings is 1. The van der Waals surface area contributed by atoms with Crippen molar-refractivity contribution in [3.8, 4) is 0 Å². The summed E-state index contributed by atoms with van der Waals surface area (Å²) in [5, 5.41) is 15.4. The molecule has 1 aromatic heterocycles. The normalized spacial score (nSPS) is 39.5. The molecular formula is C29H40N2O5S. The van der Waals surface area contributed by atoms with Gasteiger partial charge in [0.15, 0.2) is 0 Å². The summed E-state index contributed by atoms with van der Waals surface area (Å²) in [4.78, 5) is 36.5. The number of Topliss-reactive ketones (excluding diaryl/α,β-unsaturated/α-hetero) is 1. The molecule has 3 aliphatic carbocycles. The largest absolute Gasteiger partial charge is 0.461 e. The van der Waals surface area contributed by atoms with E-state index in [9.17, 15) is 14.7 Å². The summed E-state index contributed by atoms with van der Waals surface area (Å²) in [6.45, 7) is 12.5. The molecule has 37 heavy (non-hydrogen) atoms. The summed E-state index contributed by atoms with van der Waals surface area (Å²) in [5.74, 6) is -0.0415. The topological polar surface area (TPSA) is 98.1 Å². The van der Waals surface area contributed by atoms with Crippen molar-refractivity contribution in [2.75, 3.05) is 12.9 Å². The van der Waals surface area contributed by atoms with Gasteiger partial charge in [-0.25, -0.2) is 0 Å². The minimum Gasteiger partial charge on any atom is -0.461 e. The summed E-state index contributed by atoms with van der Waals surface area (Å²) >= 11 is 1.35. The van der Waals surface area contributed by atoms with Gasteiger partial charge in [-0.1, -0.05) is 38.9 Å². The van der Waals surface area contributed by atoms with Crippen molar-refractivity contribution in [2.24, 2.45) is 39.2 Å². The van der Waals surface area contributed by atoms with Crippen LogP contribution in [-0.4, -0.2) is 53.1 Å². The fourth-order valence-corrected chi connectivity index (χ4v) is 8.24. The number of carbonyl (C=O) groups excluding carboxylic acids is 2. The number of aliphatic hydroxyl groups excluding tert-OH is 1.